The van der Waals surface area contributed by atoms with Crippen molar-refractivity contribution < 1.29 is 0 Å². The van der Waals surface area contributed by atoms with Gasteiger partial charge in [-0.3, -0.25) is 4.90 Å². The summed E-state index contributed by atoms with van der Waals surface area (Å²) in [6.45, 7) is 2.24. The third-order valence-electron chi connectivity index (χ3n) is 5.50. The van der Waals surface area contributed by atoms with E-state index in [2.05, 4.69) is 90.7 Å². The highest BCUT2D eigenvalue weighted by Crippen LogP contribution is 2.47. The van der Waals surface area contributed by atoms with Crippen LogP contribution in [0, 0.1) is 11.3 Å². The Bertz CT molecular complexity index is 844. The zero-order valence-corrected chi connectivity index (χ0v) is 14.9. The largest absolute Gasteiger partial charge is 0.273 e. The molecular weight excluding hydrogens is 316 g/mol. The number of likely N-dealkylation sites (tertiary alicyclic amines) is 1. The molecule has 3 aromatic rings. The van der Waals surface area contributed by atoms with Gasteiger partial charge in [0.25, 0.3) is 0 Å². The van der Waals surface area contributed by atoms with Crippen LogP contribution in [0.5, 0.6) is 0 Å². The van der Waals surface area contributed by atoms with Crippen molar-refractivity contribution in [2.45, 2.75) is 31.0 Å². The summed E-state index contributed by atoms with van der Waals surface area (Å²) in [5.74, 6) is 0.246. The Morgan fingerprint density at radius 3 is 1.69 bits per heavy atom. The van der Waals surface area contributed by atoms with Gasteiger partial charge in [0, 0.05) is 12.0 Å². The second-order valence-electron chi connectivity index (χ2n) is 6.92. The maximum Gasteiger partial charge on any atom is 0.107 e. The molecule has 0 aliphatic carbocycles. The van der Waals surface area contributed by atoms with Gasteiger partial charge in [-0.1, -0.05) is 91.0 Å². The first-order valence-corrected chi connectivity index (χ1v) is 9.13. The second kappa shape index (κ2) is 7.15. The van der Waals surface area contributed by atoms with Crippen molar-refractivity contribution >= 4 is 0 Å². The zero-order chi connectivity index (χ0) is 17.9. The average molecular weight is 338 g/mol. The lowest BCUT2D eigenvalue weighted by molar-refractivity contribution is -0.000168. The quantitative estimate of drug-likeness (QED) is 0.657. The lowest BCUT2D eigenvalue weighted by Crippen LogP contribution is -2.61. The van der Waals surface area contributed by atoms with Crippen LogP contribution in [-0.4, -0.2) is 17.0 Å². The van der Waals surface area contributed by atoms with Gasteiger partial charge >= 0.3 is 0 Å². The van der Waals surface area contributed by atoms with Gasteiger partial charge in [-0.15, -0.1) is 0 Å². The van der Waals surface area contributed by atoms with Crippen LogP contribution in [0.2, 0.25) is 0 Å². The van der Waals surface area contributed by atoms with Crippen LogP contribution in [0.1, 0.15) is 35.6 Å². The van der Waals surface area contributed by atoms with Gasteiger partial charge in [0.2, 0.25) is 0 Å². The minimum absolute atomic E-state index is 0.0945. The molecule has 0 spiro atoms. The summed E-state index contributed by atoms with van der Waals surface area (Å²) in [4.78, 5) is 2.36. The molecule has 0 aromatic heterocycles. The van der Waals surface area contributed by atoms with Gasteiger partial charge in [0.15, 0.2) is 0 Å². The first kappa shape index (κ1) is 16.6. The van der Waals surface area contributed by atoms with Crippen LogP contribution in [-0.2, 0) is 0 Å². The van der Waals surface area contributed by atoms with Crippen molar-refractivity contribution in [1.29, 1.82) is 5.26 Å². The van der Waals surface area contributed by atoms with Crippen molar-refractivity contribution in [3.8, 4) is 6.07 Å². The van der Waals surface area contributed by atoms with Gasteiger partial charge in [0.1, 0.15) is 6.04 Å². The summed E-state index contributed by atoms with van der Waals surface area (Å²) in [6.07, 6.45) is 0. The molecule has 0 saturated carbocycles. The lowest BCUT2D eigenvalue weighted by Gasteiger charge is -2.54. The molecule has 1 saturated heterocycles. The van der Waals surface area contributed by atoms with Crippen LogP contribution in [0.25, 0.3) is 0 Å². The minimum Gasteiger partial charge on any atom is -0.273 e. The number of nitriles is 1. The monoisotopic (exact) mass is 338 g/mol. The second-order valence-corrected chi connectivity index (χ2v) is 6.92. The summed E-state index contributed by atoms with van der Waals surface area (Å²) in [7, 11) is 0. The third kappa shape index (κ3) is 2.81. The van der Waals surface area contributed by atoms with Crippen LogP contribution in [0.3, 0.4) is 0 Å². The van der Waals surface area contributed by atoms with Crippen LogP contribution in [0.15, 0.2) is 91.0 Å². The minimum atomic E-state index is -0.127. The molecule has 2 heteroatoms. The molecule has 1 aliphatic rings. The van der Waals surface area contributed by atoms with Gasteiger partial charge in [-0.25, -0.2) is 0 Å². The standard InChI is InChI=1S/C24H22N2/c1-18-23(19-11-5-2-6-12-19)22(17-25)26(18)24(20-13-7-3-8-14-20)21-15-9-4-10-16-21/h2-16,18,22-24H,1H3/t18-,22+,23+/m0/s1. The fraction of sp³-hybridized carbons (Fsp3) is 0.208. The number of rotatable bonds is 4. The summed E-state index contributed by atoms with van der Waals surface area (Å²) in [5.41, 5.74) is 3.72. The van der Waals surface area contributed by atoms with E-state index in [-0.39, 0.29) is 18.0 Å². The Balaban J connectivity index is 1.74. The van der Waals surface area contributed by atoms with E-state index in [1.807, 2.05) is 18.2 Å². The normalized spacial score (nSPS) is 22.6. The van der Waals surface area contributed by atoms with Gasteiger partial charge in [0.05, 0.1) is 12.1 Å². The molecule has 0 bridgehead atoms. The molecule has 0 N–H and O–H groups in total. The van der Waals surface area contributed by atoms with E-state index in [0.717, 1.165) is 0 Å². The van der Waals surface area contributed by atoms with Crippen molar-refractivity contribution in [3.05, 3.63) is 108 Å². The maximum absolute atomic E-state index is 9.96. The van der Waals surface area contributed by atoms with Crippen molar-refractivity contribution in [2.75, 3.05) is 0 Å². The molecular formula is C24H22N2. The molecule has 1 heterocycles. The molecule has 2 nitrogen and oxygen atoms in total. The number of hydrogen-bond donors (Lipinski definition) is 0. The smallest absolute Gasteiger partial charge is 0.107 e. The Hall–Kier alpha value is -2.89. The highest BCUT2D eigenvalue weighted by atomic mass is 15.3. The van der Waals surface area contributed by atoms with E-state index in [4.69, 9.17) is 0 Å². The first-order chi connectivity index (χ1) is 12.8. The predicted molar refractivity (Wildman–Crippen MR) is 105 cm³/mol. The molecule has 3 aromatic carbocycles. The van der Waals surface area contributed by atoms with Gasteiger partial charge in [-0.05, 0) is 23.6 Å². The summed E-state index contributed by atoms with van der Waals surface area (Å²) >= 11 is 0. The Labute approximate surface area is 155 Å². The SMILES string of the molecule is C[C@H]1[C@H](c2ccccc2)[C@@H](C#N)N1C(c1ccccc1)c1ccccc1. The third-order valence-corrected chi connectivity index (χ3v) is 5.50. The van der Waals surface area contributed by atoms with Crippen molar-refractivity contribution in [2.24, 2.45) is 0 Å². The van der Waals surface area contributed by atoms with Gasteiger partial charge < -0.3 is 0 Å². The van der Waals surface area contributed by atoms with Crippen LogP contribution < -0.4 is 0 Å². The summed E-state index contributed by atoms with van der Waals surface area (Å²) < 4.78 is 0. The molecule has 128 valence electrons. The molecule has 4 rings (SSSR count). The molecule has 0 unspecified atom stereocenters. The molecule has 0 radical (unpaired) electrons. The summed E-state index contributed by atoms with van der Waals surface area (Å²) in [6, 6.07) is 34.3. The fourth-order valence-electron chi connectivity index (χ4n) is 4.27. The van der Waals surface area contributed by atoms with E-state index in [9.17, 15) is 5.26 Å². The fourth-order valence-corrected chi connectivity index (χ4v) is 4.27. The van der Waals surface area contributed by atoms with Crippen LogP contribution in [0.4, 0.5) is 0 Å². The Morgan fingerprint density at radius 2 is 1.23 bits per heavy atom. The lowest BCUT2D eigenvalue weighted by atomic mass is 9.74. The van der Waals surface area contributed by atoms with Crippen LogP contribution >= 0.6 is 0 Å². The molecule has 3 atom stereocenters. The van der Waals surface area contributed by atoms with E-state index in [1.165, 1.54) is 16.7 Å². The molecule has 0 amide bonds. The summed E-state index contributed by atoms with van der Waals surface area (Å²) in [5, 5.41) is 9.96. The van der Waals surface area contributed by atoms with Crippen molar-refractivity contribution in [3.63, 3.8) is 0 Å². The Kier molecular flexibility index (Phi) is 4.56. The topological polar surface area (TPSA) is 27.0 Å². The van der Waals surface area contributed by atoms with Gasteiger partial charge in [-0.2, -0.15) is 5.26 Å². The first-order valence-electron chi connectivity index (χ1n) is 9.13. The molecule has 1 aliphatic heterocycles. The zero-order valence-electron chi connectivity index (χ0n) is 14.9. The molecule has 1 fully saturated rings. The maximum atomic E-state index is 9.96. The highest BCUT2D eigenvalue weighted by Gasteiger charge is 2.50. The average Bonchev–Trinajstić information content (AvgIpc) is 2.71. The van der Waals surface area contributed by atoms with E-state index >= 15 is 0 Å². The highest BCUT2D eigenvalue weighted by molar-refractivity contribution is 5.38. The van der Waals surface area contributed by atoms with E-state index in [1.54, 1.807) is 0 Å². The number of nitrogens with zero attached hydrogens (tertiary/aromatic N) is 2. The van der Waals surface area contributed by atoms with E-state index < -0.39 is 0 Å². The Morgan fingerprint density at radius 1 is 0.769 bits per heavy atom. The predicted octanol–water partition coefficient (Wildman–Crippen LogP) is 5.16. The van der Waals surface area contributed by atoms with E-state index in [0.29, 0.717) is 6.04 Å². The number of hydrogen-bond acceptors (Lipinski definition) is 2. The number of benzene rings is 3. The van der Waals surface area contributed by atoms with Crippen molar-refractivity contribution in [1.82, 2.24) is 4.90 Å². The molecule has 26 heavy (non-hydrogen) atoms.